The van der Waals surface area contributed by atoms with Crippen LogP contribution in [0.2, 0.25) is 0 Å². The first kappa shape index (κ1) is 24.3. The molecule has 1 fully saturated rings. The Labute approximate surface area is 168 Å². The minimum Gasteiger partial charge on any atom is -0.378 e. The largest absolute Gasteiger partial charge is 0.378 e. The monoisotopic (exact) mass is 493 g/mol. The fourth-order valence-electron chi connectivity index (χ4n) is 2.23. The summed E-state index contributed by atoms with van der Waals surface area (Å²) in [5, 5.41) is 3.98. The molecule has 0 saturated carbocycles. The Bertz CT molecular complexity index is 473. The van der Waals surface area contributed by atoms with Gasteiger partial charge in [0.1, 0.15) is 9.84 Å². The van der Waals surface area contributed by atoms with Gasteiger partial charge in [-0.3, -0.25) is 4.99 Å². The lowest BCUT2D eigenvalue weighted by molar-refractivity contribution is 0.157. The van der Waals surface area contributed by atoms with Crippen LogP contribution in [0.4, 0.5) is 0 Å². The predicted octanol–water partition coefficient (Wildman–Crippen LogP) is 1.70. The van der Waals surface area contributed by atoms with Gasteiger partial charge in [0.15, 0.2) is 5.96 Å². The second-order valence-electron chi connectivity index (χ2n) is 6.08. The second kappa shape index (κ2) is 12.6. The zero-order valence-corrected chi connectivity index (χ0v) is 19.1. The SMILES string of the molecule is CCNC(=NCCOCCS(C)(=O)=O)N1CCSC(C(C)C)C1.I. The number of nitrogens with zero attached hydrogens (tertiary/aromatic N) is 2. The van der Waals surface area contributed by atoms with E-state index in [1.165, 1.54) is 6.26 Å². The van der Waals surface area contributed by atoms with Gasteiger partial charge in [-0.1, -0.05) is 13.8 Å². The molecule has 0 aromatic carbocycles. The van der Waals surface area contributed by atoms with E-state index in [9.17, 15) is 8.42 Å². The normalized spacial score (nSPS) is 19.3. The molecule has 0 aliphatic carbocycles. The Balaban J connectivity index is 0.00000529. The Morgan fingerprint density at radius 1 is 1.42 bits per heavy atom. The Hall–Kier alpha value is 0.260. The highest BCUT2D eigenvalue weighted by Crippen LogP contribution is 2.24. The number of halogens is 1. The predicted molar refractivity (Wildman–Crippen MR) is 115 cm³/mol. The van der Waals surface area contributed by atoms with Crippen LogP contribution in [0.5, 0.6) is 0 Å². The van der Waals surface area contributed by atoms with Crippen LogP contribution in [-0.4, -0.2) is 81.7 Å². The summed E-state index contributed by atoms with van der Waals surface area (Å²) in [6.07, 6.45) is 1.22. The average Bonchev–Trinajstić information content (AvgIpc) is 2.48. The van der Waals surface area contributed by atoms with E-state index in [1.807, 2.05) is 11.8 Å². The van der Waals surface area contributed by atoms with Gasteiger partial charge in [0, 0.05) is 36.9 Å². The van der Waals surface area contributed by atoms with Crippen LogP contribution in [-0.2, 0) is 14.6 Å². The number of hydrogen-bond acceptors (Lipinski definition) is 5. The zero-order valence-electron chi connectivity index (χ0n) is 15.2. The Morgan fingerprint density at radius 2 is 2.12 bits per heavy atom. The topological polar surface area (TPSA) is 71.0 Å². The highest BCUT2D eigenvalue weighted by atomic mass is 127. The first-order chi connectivity index (χ1) is 10.8. The van der Waals surface area contributed by atoms with E-state index in [4.69, 9.17) is 4.74 Å². The number of nitrogens with one attached hydrogen (secondary N) is 1. The zero-order chi connectivity index (χ0) is 17.3. The maximum absolute atomic E-state index is 11.0. The van der Waals surface area contributed by atoms with Crippen molar-refractivity contribution in [2.24, 2.45) is 10.9 Å². The maximum Gasteiger partial charge on any atom is 0.194 e. The van der Waals surface area contributed by atoms with Gasteiger partial charge < -0.3 is 15.0 Å². The number of rotatable bonds is 8. The molecule has 6 nitrogen and oxygen atoms in total. The van der Waals surface area contributed by atoms with Gasteiger partial charge in [0.05, 0.1) is 25.5 Å². The van der Waals surface area contributed by atoms with Crippen molar-refractivity contribution in [3.8, 4) is 0 Å². The van der Waals surface area contributed by atoms with Crippen LogP contribution in [0.25, 0.3) is 0 Å². The van der Waals surface area contributed by atoms with E-state index in [0.29, 0.717) is 24.3 Å². The number of aliphatic imine (C=N–C) groups is 1. The summed E-state index contributed by atoms with van der Waals surface area (Å²) in [6, 6.07) is 0. The molecule has 0 bridgehead atoms. The van der Waals surface area contributed by atoms with Gasteiger partial charge in [0.2, 0.25) is 0 Å². The van der Waals surface area contributed by atoms with E-state index in [0.717, 1.165) is 31.3 Å². The van der Waals surface area contributed by atoms with Crippen molar-refractivity contribution in [1.82, 2.24) is 10.2 Å². The number of ether oxygens (including phenoxy) is 1. The van der Waals surface area contributed by atoms with E-state index in [1.54, 1.807) is 0 Å². The molecule has 1 atom stereocenters. The Morgan fingerprint density at radius 3 is 2.71 bits per heavy atom. The molecule has 1 aliphatic rings. The minimum absolute atomic E-state index is 0. The third-order valence-electron chi connectivity index (χ3n) is 3.57. The van der Waals surface area contributed by atoms with Crippen molar-refractivity contribution in [3.05, 3.63) is 0 Å². The molecule has 144 valence electrons. The lowest BCUT2D eigenvalue weighted by Gasteiger charge is -2.36. The van der Waals surface area contributed by atoms with Crippen LogP contribution < -0.4 is 5.32 Å². The molecule has 1 rings (SSSR count). The number of thioether (sulfide) groups is 1. The molecule has 1 aliphatic heterocycles. The lowest BCUT2D eigenvalue weighted by Crippen LogP contribution is -2.49. The van der Waals surface area contributed by atoms with Crippen molar-refractivity contribution >= 4 is 51.5 Å². The first-order valence-electron chi connectivity index (χ1n) is 8.23. The molecular formula is C15H32IN3O3S2. The highest BCUT2D eigenvalue weighted by molar-refractivity contribution is 14.0. The summed E-state index contributed by atoms with van der Waals surface area (Å²) >= 11 is 2.04. The van der Waals surface area contributed by atoms with E-state index < -0.39 is 9.84 Å². The molecule has 0 radical (unpaired) electrons. The van der Waals surface area contributed by atoms with Gasteiger partial charge in [-0.15, -0.1) is 24.0 Å². The second-order valence-corrected chi connectivity index (χ2v) is 9.68. The van der Waals surface area contributed by atoms with Crippen molar-refractivity contribution in [1.29, 1.82) is 0 Å². The molecule has 1 saturated heterocycles. The number of hydrogen-bond donors (Lipinski definition) is 1. The van der Waals surface area contributed by atoms with Crippen molar-refractivity contribution in [2.75, 3.05) is 57.2 Å². The summed E-state index contributed by atoms with van der Waals surface area (Å²) in [7, 11) is -2.95. The number of sulfone groups is 1. The van der Waals surface area contributed by atoms with Gasteiger partial charge in [-0.2, -0.15) is 11.8 Å². The highest BCUT2D eigenvalue weighted by Gasteiger charge is 2.24. The maximum atomic E-state index is 11.0. The molecule has 0 aromatic heterocycles. The molecule has 0 aromatic rings. The van der Waals surface area contributed by atoms with Crippen LogP contribution in [0.15, 0.2) is 4.99 Å². The third-order valence-corrected chi connectivity index (χ3v) is 6.02. The first-order valence-corrected chi connectivity index (χ1v) is 11.3. The summed E-state index contributed by atoms with van der Waals surface area (Å²) < 4.78 is 27.4. The van der Waals surface area contributed by atoms with E-state index >= 15 is 0 Å². The van der Waals surface area contributed by atoms with Gasteiger partial charge in [-0.25, -0.2) is 8.42 Å². The molecule has 1 heterocycles. The fraction of sp³-hybridized carbons (Fsp3) is 0.933. The summed E-state index contributed by atoms with van der Waals surface area (Å²) in [5.41, 5.74) is 0. The fourth-order valence-corrected chi connectivity index (χ4v) is 3.94. The smallest absolute Gasteiger partial charge is 0.194 e. The van der Waals surface area contributed by atoms with Crippen LogP contribution in [0.1, 0.15) is 20.8 Å². The quantitative estimate of drug-likeness (QED) is 0.240. The summed E-state index contributed by atoms with van der Waals surface area (Å²) in [5.74, 6) is 2.78. The third kappa shape index (κ3) is 10.3. The molecule has 1 unspecified atom stereocenters. The molecular weight excluding hydrogens is 461 g/mol. The van der Waals surface area contributed by atoms with Crippen molar-refractivity contribution in [3.63, 3.8) is 0 Å². The van der Waals surface area contributed by atoms with E-state index in [-0.39, 0.29) is 36.3 Å². The van der Waals surface area contributed by atoms with Crippen LogP contribution >= 0.6 is 35.7 Å². The number of guanidine groups is 1. The van der Waals surface area contributed by atoms with E-state index in [2.05, 4.69) is 36.0 Å². The average molecular weight is 493 g/mol. The standard InChI is InChI=1S/C15H31N3O3S2.HI/c1-5-16-15(17-6-8-21-9-11-23(4,19)20)18-7-10-22-14(12-18)13(2)3;/h13-14H,5-12H2,1-4H3,(H,16,17);1H. The lowest BCUT2D eigenvalue weighted by atomic mass is 10.1. The molecule has 1 N–H and O–H groups in total. The Kier molecular flexibility index (Phi) is 12.7. The van der Waals surface area contributed by atoms with Crippen LogP contribution in [0, 0.1) is 5.92 Å². The summed E-state index contributed by atoms with van der Waals surface area (Å²) in [6.45, 7) is 10.7. The van der Waals surface area contributed by atoms with Gasteiger partial charge >= 0.3 is 0 Å². The van der Waals surface area contributed by atoms with Crippen LogP contribution in [0.3, 0.4) is 0 Å². The van der Waals surface area contributed by atoms with Gasteiger partial charge in [0.25, 0.3) is 0 Å². The van der Waals surface area contributed by atoms with Crippen molar-refractivity contribution < 1.29 is 13.2 Å². The molecule has 9 heteroatoms. The van der Waals surface area contributed by atoms with Gasteiger partial charge in [-0.05, 0) is 12.8 Å². The molecule has 24 heavy (non-hydrogen) atoms. The summed E-state index contributed by atoms with van der Waals surface area (Å²) in [4.78, 5) is 6.93. The minimum atomic E-state index is -2.95. The molecule has 0 spiro atoms. The van der Waals surface area contributed by atoms with Crippen molar-refractivity contribution in [2.45, 2.75) is 26.0 Å². The molecule has 0 amide bonds.